The Labute approximate surface area is 79.2 Å². The quantitative estimate of drug-likeness (QED) is 0.670. The van der Waals surface area contributed by atoms with E-state index >= 15 is 0 Å². The van der Waals surface area contributed by atoms with Crippen LogP contribution in [0.4, 0.5) is 13.2 Å². The van der Waals surface area contributed by atoms with Crippen LogP contribution in [0.1, 0.15) is 11.3 Å². The number of rotatable bonds is 2. The fourth-order valence-electron chi connectivity index (χ4n) is 1.06. The summed E-state index contributed by atoms with van der Waals surface area (Å²) >= 11 is 0. The molecule has 0 unspecified atom stereocenters. The molecule has 0 amide bonds. The second-order valence-corrected chi connectivity index (χ2v) is 2.63. The van der Waals surface area contributed by atoms with Gasteiger partial charge in [0, 0.05) is 6.20 Å². The summed E-state index contributed by atoms with van der Waals surface area (Å²) in [7, 11) is 0. The van der Waals surface area contributed by atoms with E-state index in [2.05, 4.69) is 9.83 Å². The van der Waals surface area contributed by atoms with E-state index in [4.69, 9.17) is 6.57 Å². The van der Waals surface area contributed by atoms with Crippen molar-refractivity contribution in [2.75, 3.05) is 6.54 Å². The molecule has 1 rings (SSSR count). The molecule has 0 aromatic carbocycles. The minimum absolute atomic E-state index is 0.0279. The number of nitrogens with zero attached hydrogens (tertiary/aromatic N) is 2. The number of halogens is 3. The first-order valence-corrected chi connectivity index (χ1v) is 3.90. The molecule has 0 N–H and O–H groups in total. The van der Waals surface area contributed by atoms with Crippen LogP contribution in [0.3, 0.4) is 0 Å². The molecule has 0 atom stereocenters. The van der Waals surface area contributed by atoms with Gasteiger partial charge in [-0.25, -0.2) is 6.57 Å². The summed E-state index contributed by atoms with van der Waals surface area (Å²) < 4.78 is 37.1. The smallest absolute Gasteiger partial charge is 0.317 e. The van der Waals surface area contributed by atoms with Crippen molar-refractivity contribution in [1.82, 2.24) is 4.98 Å². The van der Waals surface area contributed by atoms with Gasteiger partial charge < -0.3 is 4.85 Å². The van der Waals surface area contributed by atoms with Crippen molar-refractivity contribution in [3.63, 3.8) is 0 Å². The molecule has 0 aliphatic heterocycles. The van der Waals surface area contributed by atoms with Gasteiger partial charge in [-0.05, 0) is 12.1 Å². The Morgan fingerprint density at radius 1 is 1.43 bits per heavy atom. The molecule has 1 heterocycles. The minimum atomic E-state index is -4.38. The lowest BCUT2D eigenvalue weighted by molar-refractivity contribution is -0.138. The Balaban J connectivity index is 2.99. The third kappa shape index (κ3) is 2.46. The van der Waals surface area contributed by atoms with E-state index in [0.717, 1.165) is 6.07 Å². The van der Waals surface area contributed by atoms with Crippen molar-refractivity contribution in [1.29, 1.82) is 0 Å². The highest BCUT2D eigenvalue weighted by Crippen LogP contribution is 2.30. The summed E-state index contributed by atoms with van der Waals surface area (Å²) in [5.41, 5.74) is -0.806. The summed E-state index contributed by atoms with van der Waals surface area (Å²) in [5, 5.41) is 0. The molecule has 0 spiro atoms. The first-order valence-electron chi connectivity index (χ1n) is 3.90. The van der Waals surface area contributed by atoms with E-state index in [9.17, 15) is 13.2 Å². The zero-order chi connectivity index (χ0) is 10.6. The molecule has 0 fully saturated rings. The molecular formula is C9H7F3N2. The molecule has 0 bridgehead atoms. The molecule has 0 radical (unpaired) electrons. The van der Waals surface area contributed by atoms with Gasteiger partial charge in [0.25, 0.3) is 0 Å². The minimum Gasteiger partial charge on any atom is -0.317 e. The summed E-state index contributed by atoms with van der Waals surface area (Å²) in [5.74, 6) is 0. The standard InChI is InChI=1S/C9H7F3N2/c1-13-6-4-8-7(9(10,11)12)3-2-5-14-8/h2-3,5H,4,6H2. The molecule has 5 heteroatoms. The average molecular weight is 200 g/mol. The van der Waals surface area contributed by atoms with Crippen LogP contribution in [0.25, 0.3) is 4.85 Å². The fraction of sp³-hybridized carbons (Fsp3) is 0.333. The Morgan fingerprint density at radius 3 is 2.71 bits per heavy atom. The molecule has 1 aromatic heterocycles. The highest BCUT2D eigenvalue weighted by molar-refractivity contribution is 5.23. The van der Waals surface area contributed by atoms with Crippen LogP contribution >= 0.6 is 0 Å². The largest absolute Gasteiger partial charge is 0.418 e. The number of aromatic nitrogens is 1. The van der Waals surface area contributed by atoms with E-state index in [1.807, 2.05) is 0 Å². The van der Waals surface area contributed by atoms with E-state index in [-0.39, 0.29) is 18.7 Å². The molecule has 0 aliphatic rings. The first kappa shape index (κ1) is 10.5. The van der Waals surface area contributed by atoms with Gasteiger partial charge in [0.15, 0.2) is 0 Å². The van der Waals surface area contributed by atoms with Crippen molar-refractivity contribution < 1.29 is 13.2 Å². The maximum absolute atomic E-state index is 12.4. The van der Waals surface area contributed by atoms with E-state index in [0.29, 0.717) is 0 Å². The maximum Gasteiger partial charge on any atom is 0.418 e. The molecule has 74 valence electrons. The van der Waals surface area contributed by atoms with Crippen molar-refractivity contribution in [3.8, 4) is 0 Å². The van der Waals surface area contributed by atoms with Crippen LogP contribution in [-0.4, -0.2) is 11.5 Å². The zero-order valence-electron chi connectivity index (χ0n) is 7.17. The summed E-state index contributed by atoms with van der Waals surface area (Å²) in [6, 6.07) is 2.22. The van der Waals surface area contributed by atoms with Crippen LogP contribution in [0.15, 0.2) is 18.3 Å². The topological polar surface area (TPSA) is 17.2 Å². The molecule has 1 aromatic rings. The maximum atomic E-state index is 12.4. The SMILES string of the molecule is [C-]#[N+]CCc1ncccc1C(F)(F)F. The van der Waals surface area contributed by atoms with Crippen LogP contribution in [0.5, 0.6) is 0 Å². The predicted octanol–water partition coefficient (Wildman–Crippen LogP) is 2.56. The molecular weight excluding hydrogens is 193 g/mol. The van der Waals surface area contributed by atoms with Crippen LogP contribution in [0.2, 0.25) is 0 Å². The number of pyridine rings is 1. The van der Waals surface area contributed by atoms with Gasteiger partial charge >= 0.3 is 6.18 Å². The lowest BCUT2D eigenvalue weighted by atomic mass is 10.1. The van der Waals surface area contributed by atoms with Gasteiger partial charge in [-0.2, -0.15) is 13.2 Å². The van der Waals surface area contributed by atoms with Gasteiger partial charge in [0.05, 0.1) is 17.7 Å². The summed E-state index contributed by atoms with van der Waals surface area (Å²) in [6.45, 7) is 6.52. The zero-order valence-corrected chi connectivity index (χ0v) is 7.17. The number of hydrogen-bond donors (Lipinski definition) is 0. The van der Waals surface area contributed by atoms with Crippen molar-refractivity contribution >= 4 is 0 Å². The Bertz CT molecular complexity index is 352. The Kier molecular flexibility index (Phi) is 3.07. The third-order valence-corrected chi connectivity index (χ3v) is 1.66. The molecule has 14 heavy (non-hydrogen) atoms. The number of hydrogen-bond acceptors (Lipinski definition) is 1. The lowest BCUT2D eigenvalue weighted by Gasteiger charge is -2.09. The van der Waals surface area contributed by atoms with E-state index in [1.54, 1.807) is 0 Å². The highest BCUT2D eigenvalue weighted by atomic mass is 19.4. The van der Waals surface area contributed by atoms with Crippen LogP contribution in [-0.2, 0) is 12.6 Å². The predicted molar refractivity (Wildman–Crippen MR) is 44.4 cm³/mol. The normalized spacial score (nSPS) is 11.0. The lowest BCUT2D eigenvalue weighted by Crippen LogP contribution is -2.11. The molecule has 0 saturated carbocycles. The first-order chi connectivity index (χ1) is 6.55. The van der Waals surface area contributed by atoms with Crippen LogP contribution in [0, 0.1) is 6.57 Å². The monoisotopic (exact) mass is 200 g/mol. The average Bonchev–Trinajstić information content (AvgIpc) is 2.14. The van der Waals surface area contributed by atoms with Crippen LogP contribution < -0.4 is 0 Å². The molecule has 2 nitrogen and oxygen atoms in total. The van der Waals surface area contributed by atoms with Gasteiger partial charge in [-0.3, -0.25) is 4.98 Å². The summed E-state index contributed by atoms with van der Waals surface area (Å²) in [6.07, 6.45) is -3.04. The van der Waals surface area contributed by atoms with E-state index in [1.165, 1.54) is 12.3 Å². The third-order valence-electron chi connectivity index (χ3n) is 1.66. The van der Waals surface area contributed by atoms with Gasteiger partial charge in [-0.15, -0.1) is 0 Å². The Morgan fingerprint density at radius 2 is 2.14 bits per heavy atom. The van der Waals surface area contributed by atoms with Crippen molar-refractivity contribution in [3.05, 3.63) is 41.0 Å². The fourth-order valence-corrected chi connectivity index (χ4v) is 1.06. The Hall–Kier alpha value is -1.57. The van der Waals surface area contributed by atoms with Crippen molar-refractivity contribution in [2.45, 2.75) is 12.6 Å². The molecule has 0 saturated heterocycles. The highest BCUT2D eigenvalue weighted by Gasteiger charge is 2.33. The van der Waals surface area contributed by atoms with E-state index < -0.39 is 11.7 Å². The summed E-state index contributed by atoms with van der Waals surface area (Å²) in [4.78, 5) is 6.62. The van der Waals surface area contributed by atoms with Gasteiger partial charge in [-0.1, -0.05) is 0 Å². The molecule has 0 aliphatic carbocycles. The van der Waals surface area contributed by atoms with Gasteiger partial charge in [0.1, 0.15) is 0 Å². The second kappa shape index (κ2) is 4.09. The second-order valence-electron chi connectivity index (χ2n) is 2.63. The van der Waals surface area contributed by atoms with Crippen molar-refractivity contribution in [2.24, 2.45) is 0 Å². The van der Waals surface area contributed by atoms with Gasteiger partial charge in [0.2, 0.25) is 6.54 Å². The number of alkyl halides is 3.